The minimum Gasteiger partial charge on any atom is -0.346 e. The Labute approximate surface area is 193 Å². The van der Waals surface area contributed by atoms with Gasteiger partial charge in [-0.25, -0.2) is 0 Å². The molecule has 7 nitrogen and oxygen atoms in total. The van der Waals surface area contributed by atoms with Crippen LogP contribution in [0, 0.1) is 0 Å². The highest BCUT2D eigenvalue weighted by atomic mass is 35.5. The summed E-state index contributed by atoms with van der Waals surface area (Å²) in [5.41, 5.74) is -1.08. The van der Waals surface area contributed by atoms with Crippen LogP contribution >= 0.6 is 11.6 Å². The molecule has 0 spiro atoms. The second kappa shape index (κ2) is 8.31. The molecular formula is C22H18ClF2N3O4. The lowest BCUT2D eigenvalue weighted by Gasteiger charge is -2.29. The van der Waals surface area contributed by atoms with Crippen molar-refractivity contribution < 1.29 is 34.9 Å². The molecule has 1 atom stereocenters. The van der Waals surface area contributed by atoms with Gasteiger partial charge >= 0.3 is 5.92 Å². The van der Waals surface area contributed by atoms with Crippen molar-refractivity contribution in [3.05, 3.63) is 69.7 Å². The van der Waals surface area contributed by atoms with Gasteiger partial charge in [0.15, 0.2) is 2.82 Å². The van der Waals surface area contributed by atoms with Crippen LogP contribution in [0.25, 0.3) is 0 Å². The molecule has 2 aromatic carbocycles. The number of carbonyl (C=O) groups excluding carboxylic acids is 4. The Morgan fingerprint density at radius 1 is 1.31 bits per heavy atom. The van der Waals surface area contributed by atoms with Crippen LogP contribution in [-0.2, 0) is 33.3 Å². The monoisotopic (exact) mass is 466 g/mol. The van der Waals surface area contributed by atoms with E-state index in [1.54, 1.807) is 0 Å². The summed E-state index contributed by atoms with van der Waals surface area (Å²) in [6, 6.07) is 5.02. The highest BCUT2D eigenvalue weighted by Crippen LogP contribution is 2.30. The van der Waals surface area contributed by atoms with Crippen LogP contribution in [0.15, 0.2) is 42.5 Å². The Bertz CT molecular complexity index is 1330. The van der Waals surface area contributed by atoms with Gasteiger partial charge in [-0.1, -0.05) is 35.9 Å². The summed E-state index contributed by atoms with van der Waals surface area (Å²) in [6.45, 7) is -3.44. The molecule has 2 N–H and O–H groups in total. The predicted octanol–water partition coefficient (Wildman–Crippen LogP) is 2.51. The molecule has 0 aromatic heterocycles. The lowest BCUT2D eigenvalue weighted by molar-refractivity contribution is -0.147. The minimum atomic E-state index is -4.25. The zero-order valence-corrected chi connectivity index (χ0v) is 17.0. The van der Waals surface area contributed by atoms with E-state index in [0.29, 0.717) is 0 Å². The highest BCUT2D eigenvalue weighted by Gasteiger charge is 2.41. The summed E-state index contributed by atoms with van der Waals surface area (Å²) in [7, 11) is 0. The first-order valence-corrected chi connectivity index (χ1v) is 9.79. The van der Waals surface area contributed by atoms with Crippen molar-refractivity contribution in [2.75, 3.05) is 0 Å². The molecule has 2 aromatic rings. The zero-order chi connectivity index (χ0) is 27.5. The Morgan fingerprint density at radius 2 is 2.03 bits per heavy atom. The maximum Gasteiger partial charge on any atom is 0.349 e. The van der Waals surface area contributed by atoms with E-state index < -0.39 is 58.5 Å². The molecule has 166 valence electrons. The number of imide groups is 1. The summed E-state index contributed by atoms with van der Waals surface area (Å²) in [4.78, 5) is 50.4. The number of nitrogens with one attached hydrogen (secondary N) is 2. The van der Waals surface area contributed by atoms with Crippen molar-refractivity contribution >= 4 is 35.2 Å². The normalized spacial score (nSPS) is 23.7. The van der Waals surface area contributed by atoms with E-state index in [-0.39, 0.29) is 40.8 Å². The number of rotatable bonds is 5. The fourth-order valence-corrected chi connectivity index (χ4v) is 3.52. The van der Waals surface area contributed by atoms with Crippen LogP contribution in [0.2, 0.25) is 7.85 Å². The summed E-state index contributed by atoms with van der Waals surface area (Å²) in [5.74, 6) is -9.20. The number of hydrogen-bond donors (Lipinski definition) is 2. The maximum absolute atomic E-state index is 14.8. The van der Waals surface area contributed by atoms with Crippen LogP contribution < -0.4 is 10.6 Å². The molecule has 0 bridgehead atoms. The Morgan fingerprint density at radius 3 is 2.75 bits per heavy atom. The summed E-state index contributed by atoms with van der Waals surface area (Å²) in [6.07, 6.45) is -0.660. The molecule has 2 aliphatic heterocycles. The molecule has 1 saturated heterocycles. The highest BCUT2D eigenvalue weighted by molar-refractivity contribution is 6.30. The molecule has 1 fully saturated rings. The Kier molecular flexibility index (Phi) is 4.24. The second-order valence-electron chi connectivity index (χ2n) is 7.13. The number of alkyl halides is 2. The SMILES string of the molecule is [2H]N1C(=O)CC[C@@]([2H])(N2Cc3cc(C([2H])([2H])N([2H])C(=O)C(F)(F)c4ccc(Cl)cc4)ccc3C2=O)C1=O. The van der Waals surface area contributed by atoms with E-state index in [0.717, 1.165) is 47.4 Å². The molecule has 2 aliphatic rings. The average Bonchev–Trinajstić information content (AvgIpc) is 3.20. The molecule has 0 aliphatic carbocycles. The van der Waals surface area contributed by atoms with Gasteiger partial charge in [0.25, 0.3) is 11.8 Å². The van der Waals surface area contributed by atoms with Crippen molar-refractivity contribution in [3.63, 3.8) is 0 Å². The van der Waals surface area contributed by atoms with Gasteiger partial charge in [-0.15, -0.1) is 0 Å². The van der Waals surface area contributed by atoms with Crippen LogP contribution in [0.4, 0.5) is 8.78 Å². The summed E-state index contributed by atoms with van der Waals surface area (Å²) in [5, 5.41) is -0.322. The topological polar surface area (TPSA) is 95.6 Å². The third-order valence-electron chi connectivity index (χ3n) is 5.05. The third-order valence-corrected chi connectivity index (χ3v) is 5.30. The molecule has 0 saturated carbocycles. The third kappa shape index (κ3) is 4.08. The van der Waals surface area contributed by atoms with Crippen LogP contribution in [0.1, 0.15) is 44.0 Å². The van der Waals surface area contributed by atoms with Gasteiger partial charge in [0.05, 0.1) is 4.11 Å². The molecule has 0 radical (unpaired) electrons. The number of piperidine rings is 1. The van der Waals surface area contributed by atoms with Gasteiger partial charge in [0.2, 0.25) is 11.8 Å². The Hall–Kier alpha value is -3.33. The number of halogens is 3. The van der Waals surface area contributed by atoms with E-state index in [1.807, 2.05) is 0 Å². The number of carbonyl (C=O) groups is 4. The van der Waals surface area contributed by atoms with Gasteiger partial charge in [0, 0.05) is 35.6 Å². The molecule has 32 heavy (non-hydrogen) atoms. The fraction of sp³-hybridized carbons (Fsp3) is 0.273. The number of hydrogen-bond acceptors (Lipinski definition) is 4. The lowest BCUT2D eigenvalue weighted by Crippen LogP contribution is -2.52. The van der Waals surface area contributed by atoms with Gasteiger partial charge < -0.3 is 10.2 Å². The number of nitrogens with zero attached hydrogens (tertiary/aromatic N) is 1. The summed E-state index contributed by atoms with van der Waals surface area (Å²) < 4.78 is 70.0. The first kappa shape index (κ1) is 16.3. The van der Waals surface area contributed by atoms with Gasteiger partial charge in [-0.2, -0.15) is 8.78 Å². The van der Waals surface area contributed by atoms with Crippen LogP contribution in [-0.4, -0.2) is 34.5 Å². The van der Waals surface area contributed by atoms with E-state index >= 15 is 0 Å². The predicted molar refractivity (Wildman–Crippen MR) is 110 cm³/mol. The largest absolute Gasteiger partial charge is 0.349 e. The number of fused-ring (bicyclic) bond motifs is 1. The van der Waals surface area contributed by atoms with Gasteiger partial charge in [0.1, 0.15) is 6.02 Å². The van der Waals surface area contributed by atoms with E-state index in [4.69, 9.17) is 18.5 Å². The zero-order valence-electron chi connectivity index (χ0n) is 21.3. The summed E-state index contributed by atoms with van der Waals surface area (Å²) >= 11 is 5.68. The molecule has 0 unspecified atom stereocenters. The van der Waals surface area contributed by atoms with Gasteiger partial charge in [-0.3, -0.25) is 24.5 Å². The first-order valence-electron chi connectivity index (χ1n) is 11.8. The fourth-order valence-electron chi connectivity index (χ4n) is 3.39. The Balaban J connectivity index is 1.61. The standard InChI is InChI=1S/C22H18ClF2N3O4/c23-15-4-2-14(3-5-15)22(24,25)21(32)26-10-12-1-6-16-13(9-12)11-28(20(16)31)17-7-8-18(29)27-19(17)30/h1-6,9,17H,7-8,10-11H2,(H,26,32)(H,27,29,30)/t17-/m1/s1/i10D2,17D/hD2. The maximum atomic E-state index is 14.8. The van der Waals surface area contributed by atoms with E-state index in [2.05, 4.69) is 0 Å². The van der Waals surface area contributed by atoms with E-state index in [1.165, 1.54) is 0 Å². The number of benzene rings is 2. The second-order valence-corrected chi connectivity index (χ2v) is 7.57. The van der Waals surface area contributed by atoms with Crippen LogP contribution in [0.3, 0.4) is 0 Å². The molecule has 4 amide bonds. The molecule has 4 rings (SSSR count). The van der Waals surface area contributed by atoms with Crippen molar-refractivity contribution in [3.8, 4) is 0 Å². The molecule has 2 heterocycles. The number of amides is 4. The molecular weight excluding hydrogens is 444 g/mol. The first-order chi connectivity index (χ1) is 17.1. The quantitative estimate of drug-likeness (QED) is 0.662. The van der Waals surface area contributed by atoms with Crippen LogP contribution in [0.5, 0.6) is 0 Å². The van der Waals surface area contributed by atoms with Crippen molar-refractivity contribution in [1.29, 1.82) is 0 Å². The average molecular weight is 467 g/mol. The van der Waals surface area contributed by atoms with Crippen molar-refractivity contribution in [2.45, 2.75) is 37.8 Å². The van der Waals surface area contributed by atoms with E-state index in [9.17, 15) is 28.0 Å². The van der Waals surface area contributed by atoms with Crippen molar-refractivity contribution in [2.24, 2.45) is 0 Å². The minimum absolute atomic E-state index is 0.0123. The smallest absolute Gasteiger partial charge is 0.346 e. The molecule has 10 heteroatoms. The van der Waals surface area contributed by atoms with Gasteiger partial charge in [-0.05, 0) is 35.7 Å². The lowest BCUT2D eigenvalue weighted by atomic mass is 10.0. The van der Waals surface area contributed by atoms with Crippen molar-refractivity contribution in [1.82, 2.24) is 15.5 Å².